The lowest BCUT2D eigenvalue weighted by atomic mass is 10.1. The Labute approximate surface area is 182 Å². The number of alkyl halides is 3. The van der Waals surface area contributed by atoms with Gasteiger partial charge in [0.2, 0.25) is 10.0 Å². The minimum atomic E-state index is -3.95. The van der Waals surface area contributed by atoms with Crippen LogP contribution in [0.4, 0.5) is 18.9 Å². The lowest BCUT2D eigenvalue weighted by Gasteiger charge is -2.38. The zero-order chi connectivity index (χ0) is 21.0. The van der Waals surface area contributed by atoms with Crippen LogP contribution in [-0.4, -0.2) is 75.0 Å². The minimum Gasteiger partial charge on any atom is -0.369 e. The number of rotatable bonds is 4. The summed E-state index contributed by atoms with van der Waals surface area (Å²) in [5.41, 5.74) is 0.680. The third kappa shape index (κ3) is 4.03. The first-order chi connectivity index (χ1) is 13.6. The standard InChI is InChI=1S/C18H22BrClF3N3O2S/c19-15-6-13(24-4-5-25-11-18(22,23)8-14(25)10-24)7-16(20)17(15)29(27,28)26-3-1-2-12(26)9-21/h6-7,12,14H,1-5,8-11H2/t12-,14-/m0/s1. The average molecular weight is 517 g/mol. The molecule has 3 heterocycles. The molecule has 3 fully saturated rings. The van der Waals surface area contributed by atoms with Crippen LogP contribution in [0.2, 0.25) is 5.02 Å². The van der Waals surface area contributed by atoms with E-state index in [9.17, 15) is 21.6 Å². The fourth-order valence-corrected chi connectivity index (χ4v) is 8.06. The highest BCUT2D eigenvalue weighted by Gasteiger charge is 2.47. The maximum atomic E-state index is 13.7. The van der Waals surface area contributed by atoms with Crippen molar-refractivity contribution in [3.05, 3.63) is 21.6 Å². The van der Waals surface area contributed by atoms with Crippen molar-refractivity contribution in [3.63, 3.8) is 0 Å². The summed E-state index contributed by atoms with van der Waals surface area (Å²) in [6.07, 6.45) is 0.918. The minimum absolute atomic E-state index is 0.0399. The number of nitrogens with zero attached hydrogens (tertiary/aromatic N) is 3. The van der Waals surface area contributed by atoms with Gasteiger partial charge in [-0.2, -0.15) is 4.31 Å². The van der Waals surface area contributed by atoms with Crippen LogP contribution in [-0.2, 0) is 10.0 Å². The number of sulfonamides is 1. The van der Waals surface area contributed by atoms with Gasteiger partial charge >= 0.3 is 0 Å². The molecule has 0 spiro atoms. The predicted octanol–water partition coefficient (Wildman–Crippen LogP) is 3.75. The van der Waals surface area contributed by atoms with Crippen molar-refractivity contribution >= 4 is 43.2 Å². The molecule has 0 aliphatic carbocycles. The molecule has 3 saturated heterocycles. The molecule has 29 heavy (non-hydrogen) atoms. The third-order valence-corrected chi connectivity index (χ3v) is 9.34. The molecule has 0 radical (unpaired) electrons. The predicted molar refractivity (Wildman–Crippen MR) is 109 cm³/mol. The Morgan fingerprint density at radius 1 is 1.24 bits per heavy atom. The monoisotopic (exact) mass is 515 g/mol. The van der Waals surface area contributed by atoms with Gasteiger partial charge in [-0.15, -0.1) is 0 Å². The van der Waals surface area contributed by atoms with Crippen LogP contribution in [0.1, 0.15) is 19.3 Å². The van der Waals surface area contributed by atoms with Gasteiger partial charge in [-0.25, -0.2) is 21.6 Å². The van der Waals surface area contributed by atoms with Crippen molar-refractivity contribution in [3.8, 4) is 0 Å². The second-order valence-electron chi connectivity index (χ2n) is 7.94. The Kier molecular flexibility index (Phi) is 5.87. The lowest BCUT2D eigenvalue weighted by molar-refractivity contribution is 0.0125. The number of hydrogen-bond acceptors (Lipinski definition) is 4. The van der Waals surface area contributed by atoms with E-state index in [0.29, 0.717) is 42.6 Å². The number of benzene rings is 1. The van der Waals surface area contributed by atoms with Crippen LogP contribution in [0.15, 0.2) is 21.5 Å². The smallest absolute Gasteiger partial charge is 0.262 e. The number of piperazine rings is 1. The molecule has 162 valence electrons. The van der Waals surface area contributed by atoms with E-state index >= 15 is 0 Å². The maximum absolute atomic E-state index is 13.7. The molecule has 4 rings (SSSR count). The van der Waals surface area contributed by atoms with Crippen LogP contribution in [0.5, 0.6) is 0 Å². The highest BCUT2D eigenvalue weighted by molar-refractivity contribution is 9.10. The number of anilines is 1. The normalized spacial score (nSPS) is 28.1. The van der Waals surface area contributed by atoms with Gasteiger partial charge in [0.15, 0.2) is 0 Å². The van der Waals surface area contributed by atoms with E-state index < -0.39 is 28.7 Å². The van der Waals surface area contributed by atoms with E-state index in [-0.39, 0.29) is 35.5 Å². The van der Waals surface area contributed by atoms with Gasteiger partial charge < -0.3 is 4.90 Å². The quantitative estimate of drug-likeness (QED) is 0.611. The molecule has 1 aromatic rings. The molecule has 11 heteroatoms. The van der Waals surface area contributed by atoms with Crippen LogP contribution >= 0.6 is 27.5 Å². The van der Waals surface area contributed by atoms with Crippen molar-refractivity contribution < 1.29 is 21.6 Å². The Morgan fingerprint density at radius 2 is 2.00 bits per heavy atom. The molecule has 0 saturated carbocycles. The Bertz CT molecular complexity index is 881. The summed E-state index contributed by atoms with van der Waals surface area (Å²) >= 11 is 9.70. The van der Waals surface area contributed by atoms with E-state index in [0.717, 1.165) is 0 Å². The highest BCUT2D eigenvalue weighted by Crippen LogP contribution is 2.40. The molecule has 1 aromatic carbocycles. The van der Waals surface area contributed by atoms with Crippen molar-refractivity contribution in [1.29, 1.82) is 0 Å². The molecule has 2 atom stereocenters. The second-order valence-corrected chi connectivity index (χ2v) is 11.0. The van der Waals surface area contributed by atoms with Crippen LogP contribution < -0.4 is 4.90 Å². The van der Waals surface area contributed by atoms with Gasteiger partial charge in [-0.1, -0.05) is 11.6 Å². The van der Waals surface area contributed by atoms with Gasteiger partial charge in [0.25, 0.3) is 5.92 Å². The van der Waals surface area contributed by atoms with Gasteiger partial charge in [0.1, 0.15) is 11.6 Å². The Morgan fingerprint density at radius 3 is 2.69 bits per heavy atom. The SMILES string of the molecule is O=S(=O)(c1c(Cl)cc(N2CCN3CC(F)(F)C[C@H]3C2)cc1Br)N1CCC[C@H]1CF. The van der Waals surface area contributed by atoms with Gasteiger partial charge in [-0.05, 0) is 40.9 Å². The molecule has 3 aliphatic heterocycles. The first-order valence-electron chi connectivity index (χ1n) is 9.56. The topological polar surface area (TPSA) is 43.9 Å². The van der Waals surface area contributed by atoms with E-state index in [1.807, 2.05) is 4.90 Å². The largest absolute Gasteiger partial charge is 0.369 e. The lowest BCUT2D eigenvalue weighted by Crippen LogP contribution is -2.50. The van der Waals surface area contributed by atoms with E-state index in [4.69, 9.17) is 11.6 Å². The summed E-state index contributed by atoms with van der Waals surface area (Å²) in [6.45, 7) is 0.820. The molecule has 5 nitrogen and oxygen atoms in total. The Balaban J connectivity index is 1.60. The summed E-state index contributed by atoms with van der Waals surface area (Å²) in [6, 6.07) is 2.30. The maximum Gasteiger partial charge on any atom is 0.262 e. The molecular weight excluding hydrogens is 495 g/mol. The van der Waals surface area contributed by atoms with Gasteiger partial charge in [0, 0.05) is 48.8 Å². The number of fused-ring (bicyclic) bond motifs is 1. The molecule has 0 bridgehead atoms. The van der Waals surface area contributed by atoms with Crippen LogP contribution in [0.25, 0.3) is 0 Å². The van der Waals surface area contributed by atoms with Gasteiger partial charge in [-0.3, -0.25) is 4.90 Å². The molecule has 0 N–H and O–H groups in total. The van der Waals surface area contributed by atoms with E-state index in [2.05, 4.69) is 15.9 Å². The molecule has 0 amide bonds. The first-order valence-corrected chi connectivity index (χ1v) is 12.2. The summed E-state index contributed by atoms with van der Waals surface area (Å²) in [7, 11) is -3.95. The van der Waals surface area contributed by atoms with E-state index in [1.165, 1.54) is 4.31 Å². The number of hydrogen-bond donors (Lipinski definition) is 0. The summed E-state index contributed by atoms with van der Waals surface area (Å²) in [4.78, 5) is 3.68. The molecular formula is C18H22BrClF3N3O2S. The summed E-state index contributed by atoms with van der Waals surface area (Å²) < 4.78 is 68.3. The zero-order valence-electron chi connectivity index (χ0n) is 15.6. The average Bonchev–Trinajstić information content (AvgIpc) is 3.22. The second kappa shape index (κ2) is 7.85. The molecule has 0 aromatic heterocycles. The van der Waals surface area contributed by atoms with Crippen molar-refractivity contribution in [1.82, 2.24) is 9.21 Å². The number of halogens is 5. The molecule has 0 unspecified atom stereocenters. The van der Waals surface area contributed by atoms with Crippen LogP contribution in [0, 0.1) is 0 Å². The Hall–Kier alpha value is -0.550. The van der Waals surface area contributed by atoms with Crippen LogP contribution in [0.3, 0.4) is 0 Å². The highest BCUT2D eigenvalue weighted by atomic mass is 79.9. The van der Waals surface area contributed by atoms with E-state index in [1.54, 1.807) is 17.0 Å². The fraction of sp³-hybridized carbons (Fsp3) is 0.667. The zero-order valence-corrected chi connectivity index (χ0v) is 18.8. The summed E-state index contributed by atoms with van der Waals surface area (Å²) in [5, 5.41) is 0.0399. The first kappa shape index (κ1) is 21.7. The molecule has 3 aliphatic rings. The van der Waals surface area contributed by atoms with Crippen molar-refractivity contribution in [2.75, 3.05) is 44.3 Å². The third-order valence-electron chi connectivity index (χ3n) is 5.99. The summed E-state index contributed by atoms with van der Waals surface area (Å²) in [5.74, 6) is -2.67. The van der Waals surface area contributed by atoms with Crippen molar-refractivity contribution in [2.45, 2.75) is 42.2 Å². The van der Waals surface area contributed by atoms with Gasteiger partial charge in [0.05, 0.1) is 17.6 Å². The fourth-order valence-electron chi connectivity index (χ4n) is 4.61. The van der Waals surface area contributed by atoms with Crippen molar-refractivity contribution in [2.24, 2.45) is 0 Å².